The predicted molar refractivity (Wildman–Crippen MR) is 72.6 cm³/mol. The lowest BCUT2D eigenvalue weighted by molar-refractivity contribution is 0.563. The van der Waals surface area contributed by atoms with Crippen LogP contribution in [0.5, 0.6) is 0 Å². The Hall–Kier alpha value is -1.32. The number of nitrogens with one attached hydrogen (secondary N) is 1. The van der Waals surface area contributed by atoms with Gasteiger partial charge in [0.05, 0.1) is 6.17 Å². The topological polar surface area (TPSA) is 67.8 Å². The standard InChI is InChI=1S/C14H21N3/c15-14(16)9-3-1-2-7-12-10-11-6-4-5-8-13(11)17-12/h4-6,8,10,14,17H,1-3,7,9,15-16H2. The van der Waals surface area contributed by atoms with Crippen LogP contribution in [0.25, 0.3) is 10.9 Å². The van der Waals surface area contributed by atoms with Crippen molar-refractivity contribution in [3.05, 3.63) is 36.0 Å². The zero-order chi connectivity index (χ0) is 12.1. The summed E-state index contributed by atoms with van der Waals surface area (Å²) in [5, 5.41) is 1.30. The van der Waals surface area contributed by atoms with Gasteiger partial charge in [0.1, 0.15) is 0 Å². The van der Waals surface area contributed by atoms with Crippen LogP contribution in [0.15, 0.2) is 30.3 Å². The number of hydrogen-bond donors (Lipinski definition) is 3. The summed E-state index contributed by atoms with van der Waals surface area (Å²) < 4.78 is 0. The van der Waals surface area contributed by atoms with Gasteiger partial charge in [0.2, 0.25) is 0 Å². The van der Waals surface area contributed by atoms with Crippen LogP contribution in [0.4, 0.5) is 0 Å². The van der Waals surface area contributed by atoms with Crippen molar-refractivity contribution in [2.45, 2.75) is 38.3 Å². The second-order valence-electron chi connectivity index (χ2n) is 4.65. The van der Waals surface area contributed by atoms with Gasteiger partial charge in [-0.2, -0.15) is 0 Å². The van der Waals surface area contributed by atoms with E-state index in [0.717, 1.165) is 19.3 Å². The van der Waals surface area contributed by atoms with E-state index in [1.807, 2.05) is 0 Å². The molecule has 3 heteroatoms. The molecule has 0 spiro atoms. The van der Waals surface area contributed by atoms with Crippen LogP contribution < -0.4 is 11.5 Å². The third-order valence-electron chi connectivity index (χ3n) is 3.07. The second kappa shape index (κ2) is 5.84. The fourth-order valence-corrected chi connectivity index (χ4v) is 2.14. The molecule has 0 saturated carbocycles. The van der Waals surface area contributed by atoms with Crippen molar-refractivity contribution in [3.8, 4) is 0 Å². The third-order valence-corrected chi connectivity index (χ3v) is 3.07. The average molecular weight is 231 g/mol. The average Bonchev–Trinajstić information content (AvgIpc) is 2.70. The summed E-state index contributed by atoms with van der Waals surface area (Å²) in [5.41, 5.74) is 13.6. The quantitative estimate of drug-likeness (QED) is 0.528. The summed E-state index contributed by atoms with van der Waals surface area (Å²) in [6.07, 6.45) is 5.39. The van der Waals surface area contributed by atoms with Crippen molar-refractivity contribution < 1.29 is 0 Å². The van der Waals surface area contributed by atoms with Crippen LogP contribution in [0.3, 0.4) is 0 Å². The predicted octanol–water partition coefficient (Wildman–Crippen LogP) is 2.51. The first kappa shape index (κ1) is 12.1. The Kier molecular flexibility index (Phi) is 4.18. The lowest BCUT2D eigenvalue weighted by Gasteiger charge is -2.03. The highest BCUT2D eigenvalue weighted by Gasteiger charge is 2.00. The highest BCUT2D eigenvalue weighted by Crippen LogP contribution is 2.16. The van der Waals surface area contributed by atoms with E-state index in [2.05, 4.69) is 35.3 Å². The molecule has 0 saturated heterocycles. The first-order valence-corrected chi connectivity index (χ1v) is 6.33. The molecule has 0 aliphatic rings. The number of hydrogen-bond acceptors (Lipinski definition) is 2. The van der Waals surface area contributed by atoms with Gasteiger partial charge in [-0.1, -0.05) is 31.0 Å². The zero-order valence-corrected chi connectivity index (χ0v) is 10.2. The minimum absolute atomic E-state index is 0.150. The van der Waals surface area contributed by atoms with Crippen molar-refractivity contribution in [1.29, 1.82) is 0 Å². The van der Waals surface area contributed by atoms with Gasteiger partial charge in [-0.05, 0) is 36.8 Å². The van der Waals surface area contributed by atoms with Crippen molar-refractivity contribution in [2.24, 2.45) is 11.5 Å². The van der Waals surface area contributed by atoms with Gasteiger partial charge in [-0.15, -0.1) is 0 Å². The highest BCUT2D eigenvalue weighted by atomic mass is 14.8. The van der Waals surface area contributed by atoms with E-state index in [9.17, 15) is 0 Å². The van der Waals surface area contributed by atoms with Crippen LogP contribution in [0, 0.1) is 0 Å². The normalized spacial score (nSPS) is 11.5. The maximum absolute atomic E-state index is 5.51. The summed E-state index contributed by atoms with van der Waals surface area (Å²) in [6.45, 7) is 0. The molecule has 17 heavy (non-hydrogen) atoms. The Morgan fingerprint density at radius 1 is 1.06 bits per heavy atom. The van der Waals surface area contributed by atoms with E-state index in [1.54, 1.807) is 0 Å². The number of aromatic nitrogens is 1. The lowest BCUT2D eigenvalue weighted by Crippen LogP contribution is -2.29. The van der Waals surface area contributed by atoms with Gasteiger partial charge in [0.15, 0.2) is 0 Å². The molecule has 92 valence electrons. The molecule has 0 bridgehead atoms. The molecule has 1 heterocycles. The first-order chi connectivity index (χ1) is 8.25. The Morgan fingerprint density at radius 3 is 2.65 bits per heavy atom. The molecule has 1 aromatic heterocycles. The molecule has 2 aromatic rings. The lowest BCUT2D eigenvalue weighted by atomic mass is 10.1. The number of aromatic amines is 1. The van der Waals surface area contributed by atoms with E-state index in [0.29, 0.717) is 0 Å². The number of unbranched alkanes of at least 4 members (excludes halogenated alkanes) is 2. The fourth-order valence-electron chi connectivity index (χ4n) is 2.14. The van der Waals surface area contributed by atoms with E-state index in [1.165, 1.54) is 29.4 Å². The minimum atomic E-state index is -0.150. The van der Waals surface area contributed by atoms with E-state index < -0.39 is 0 Å². The van der Waals surface area contributed by atoms with Gasteiger partial charge in [-0.3, -0.25) is 0 Å². The highest BCUT2D eigenvalue weighted by molar-refractivity contribution is 5.80. The Bertz CT molecular complexity index is 426. The van der Waals surface area contributed by atoms with Crippen molar-refractivity contribution in [2.75, 3.05) is 0 Å². The summed E-state index contributed by atoms with van der Waals surface area (Å²) >= 11 is 0. The number of benzene rings is 1. The molecular formula is C14H21N3. The number of fused-ring (bicyclic) bond motifs is 1. The Labute approximate surface area is 102 Å². The molecule has 0 unspecified atom stereocenters. The number of nitrogens with two attached hydrogens (primary N) is 2. The molecule has 0 atom stereocenters. The van der Waals surface area contributed by atoms with Gasteiger partial charge < -0.3 is 16.5 Å². The monoisotopic (exact) mass is 231 g/mol. The summed E-state index contributed by atoms with van der Waals surface area (Å²) in [4.78, 5) is 3.45. The number of aryl methyl sites for hydroxylation is 1. The number of rotatable bonds is 6. The van der Waals surface area contributed by atoms with Gasteiger partial charge >= 0.3 is 0 Å². The van der Waals surface area contributed by atoms with Crippen LogP contribution >= 0.6 is 0 Å². The molecule has 3 nitrogen and oxygen atoms in total. The number of para-hydroxylation sites is 1. The third kappa shape index (κ3) is 3.58. The molecule has 0 aliphatic heterocycles. The maximum atomic E-state index is 5.51. The van der Waals surface area contributed by atoms with Crippen molar-refractivity contribution >= 4 is 10.9 Å². The smallest absolute Gasteiger partial charge is 0.0520 e. The Balaban J connectivity index is 1.79. The fraction of sp³-hybridized carbons (Fsp3) is 0.429. The van der Waals surface area contributed by atoms with Crippen LogP contribution in [0.1, 0.15) is 31.4 Å². The minimum Gasteiger partial charge on any atom is -0.358 e. The molecule has 1 aromatic carbocycles. The Morgan fingerprint density at radius 2 is 1.88 bits per heavy atom. The van der Waals surface area contributed by atoms with E-state index >= 15 is 0 Å². The molecule has 5 N–H and O–H groups in total. The van der Waals surface area contributed by atoms with E-state index in [4.69, 9.17) is 11.5 Å². The second-order valence-corrected chi connectivity index (χ2v) is 4.65. The number of H-pyrrole nitrogens is 1. The summed E-state index contributed by atoms with van der Waals surface area (Å²) in [6, 6.07) is 10.6. The van der Waals surface area contributed by atoms with Crippen LogP contribution in [0.2, 0.25) is 0 Å². The summed E-state index contributed by atoms with van der Waals surface area (Å²) in [7, 11) is 0. The molecular weight excluding hydrogens is 210 g/mol. The SMILES string of the molecule is NC(N)CCCCCc1cc2ccccc2[nH]1. The van der Waals surface area contributed by atoms with Crippen LogP contribution in [-0.2, 0) is 6.42 Å². The van der Waals surface area contributed by atoms with Crippen molar-refractivity contribution in [3.63, 3.8) is 0 Å². The molecule has 0 fully saturated rings. The zero-order valence-electron chi connectivity index (χ0n) is 10.2. The van der Waals surface area contributed by atoms with Crippen LogP contribution in [-0.4, -0.2) is 11.1 Å². The van der Waals surface area contributed by atoms with Gasteiger partial charge in [-0.25, -0.2) is 0 Å². The maximum Gasteiger partial charge on any atom is 0.0520 e. The van der Waals surface area contributed by atoms with Crippen molar-refractivity contribution in [1.82, 2.24) is 4.98 Å². The summed E-state index contributed by atoms with van der Waals surface area (Å²) in [5.74, 6) is 0. The van der Waals surface area contributed by atoms with Gasteiger partial charge in [0.25, 0.3) is 0 Å². The molecule has 0 amide bonds. The first-order valence-electron chi connectivity index (χ1n) is 6.33. The molecule has 0 aliphatic carbocycles. The largest absolute Gasteiger partial charge is 0.358 e. The molecule has 2 rings (SSSR count). The van der Waals surface area contributed by atoms with Gasteiger partial charge in [0, 0.05) is 11.2 Å². The molecule has 0 radical (unpaired) electrons. The van der Waals surface area contributed by atoms with E-state index in [-0.39, 0.29) is 6.17 Å².